The Morgan fingerprint density at radius 2 is 1.72 bits per heavy atom. The number of unbranched alkanes of at least 4 members (excludes halogenated alkanes) is 3. The van der Waals surface area contributed by atoms with Crippen molar-refractivity contribution in [1.29, 1.82) is 0 Å². The lowest BCUT2D eigenvalue weighted by molar-refractivity contribution is 0.505. The number of rotatable bonds is 7. The van der Waals surface area contributed by atoms with Gasteiger partial charge in [0, 0.05) is 0 Å². The van der Waals surface area contributed by atoms with Gasteiger partial charge in [-0.05, 0) is 48.3 Å². The van der Waals surface area contributed by atoms with Crippen molar-refractivity contribution < 1.29 is 0 Å². The fourth-order valence-corrected chi connectivity index (χ4v) is 2.34. The molecule has 0 spiro atoms. The van der Waals surface area contributed by atoms with E-state index in [0.717, 1.165) is 0 Å². The predicted molar refractivity (Wildman–Crippen MR) is 82.3 cm³/mol. The first kappa shape index (κ1) is 15.3. The average molecular weight is 246 g/mol. The molecule has 0 heteroatoms. The first-order valence-corrected chi connectivity index (χ1v) is 7.61. The minimum Gasteiger partial charge on any atom is -0.0654 e. The molecule has 0 unspecified atom stereocenters. The molecule has 0 aliphatic rings. The Hall–Kier alpha value is -0.780. The molecule has 0 aliphatic carbocycles. The maximum Gasteiger partial charge on any atom is -0.0106 e. The average Bonchev–Trinajstić information content (AvgIpc) is 2.36. The molecule has 102 valence electrons. The van der Waals surface area contributed by atoms with Crippen molar-refractivity contribution in [2.45, 2.75) is 78.6 Å². The lowest BCUT2D eigenvalue weighted by Gasteiger charge is -2.24. The molecule has 0 fully saturated rings. The summed E-state index contributed by atoms with van der Waals surface area (Å²) in [5, 5.41) is 0. The van der Waals surface area contributed by atoms with Crippen molar-refractivity contribution in [2.24, 2.45) is 0 Å². The first-order chi connectivity index (χ1) is 8.51. The van der Waals surface area contributed by atoms with Crippen molar-refractivity contribution in [3.05, 3.63) is 34.9 Å². The van der Waals surface area contributed by atoms with E-state index in [2.05, 4.69) is 52.8 Å². The zero-order valence-corrected chi connectivity index (χ0v) is 13.0. The summed E-state index contributed by atoms with van der Waals surface area (Å²) in [7, 11) is 0. The predicted octanol–water partition coefficient (Wildman–Crippen LogP) is 5.81. The van der Waals surface area contributed by atoms with Gasteiger partial charge in [0.05, 0.1) is 0 Å². The highest BCUT2D eigenvalue weighted by Gasteiger charge is 2.18. The Bertz CT molecular complexity index is 360. The second-order valence-corrected chi connectivity index (χ2v) is 6.19. The molecule has 0 aromatic heterocycles. The standard InChI is InChI=1S/C18H30/c1-6-8-9-10-11-16-12-13-17(14-15(16)3)18(4,5)7-2/h12-14H,6-11H2,1-5H3. The number of aryl methyl sites for hydroxylation is 2. The fraction of sp³-hybridized carbons (Fsp3) is 0.667. The van der Waals surface area contributed by atoms with Gasteiger partial charge in [-0.1, -0.05) is 65.2 Å². The molecule has 0 atom stereocenters. The zero-order valence-electron chi connectivity index (χ0n) is 13.0. The fourth-order valence-electron chi connectivity index (χ4n) is 2.34. The third-order valence-corrected chi connectivity index (χ3v) is 4.31. The third-order valence-electron chi connectivity index (χ3n) is 4.31. The van der Waals surface area contributed by atoms with Crippen LogP contribution in [-0.4, -0.2) is 0 Å². The molecule has 0 bridgehead atoms. The van der Waals surface area contributed by atoms with E-state index in [1.807, 2.05) is 0 Å². The second kappa shape index (κ2) is 6.97. The van der Waals surface area contributed by atoms with E-state index in [9.17, 15) is 0 Å². The van der Waals surface area contributed by atoms with Crippen LogP contribution in [0, 0.1) is 6.92 Å². The van der Waals surface area contributed by atoms with Crippen LogP contribution in [0.3, 0.4) is 0 Å². The lowest BCUT2D eigenvalue weighted by Crippen LogP contribution is -2.15. The minimum atomic E-state index is 0.311. The second-order valence-electron chi connectivity index (χ2n) is 6.19. The van der Waals surface area contributed by atoms with Crippen LogP contribution >= 0.6 is 0 Å². The molecular weight excluding hydrogens is 216 g/mol. The van der Waals surface area contributed by atoms with Gasteiger partial charge in [-0.2, -0.15) is 0 Å². The maximum atomic E-state index is 2.40. The van der Waals surface area contributed by atoms with Gasteiger partial charge < -0.3 is 0 Å². The van der Waals surface area contributed by atoms with Crippen LogP contribution in [0.5, 0.6) is 0 Å². The highest BCUT2D eigenvalue weighted by Crippen LogP contribution is 2.28. The Morgan fingerprint density at radius 1 is 1.00 bits per heavy atom. The van der Waals surface area contributed by atoms with Gasteiger partial charge in [0.1, 0.15) is 0 Å². The summed E-state index contributed by atoms with van der Waals surface area (Å²) in [4.78, 5) is 0. The van der Waals surface area contributed by atoms with Gasteiger partial charge in [0.2, 0.25) is 0 Å². The summed E-state index contributed by atoms with van der Waals surface area (Å²) in [6.07, 6.45) is 7.85. The highest BCUT2D eigenvalue weighted by atomic mass is 14.2. The summed E-state index contributed by atoms with van der Waals surface area (Å²) in [6, 6.07) is 7.10. The molecule has 1 aromatic carbocycles. The molecule has 0 aliphatic heterocycles. The lowest BCUT2D eigenvalue weighted by atomic mass is 9.81. The molecule has 0 saturated carbocycles. The van der Waals surface area contributed by atoms with Crippen molar-refractivity contribution >= 4 is 0 Å². The zero-order chi connectivity index (χ0) is 13.6. The largest absolute Gasteiger partial charge is 0.0654 e. The van der Waals surface area contributed by atoms with Crippen molar-refractivity contribution in [1.82, 2.24) is 0 Å². The Kier molecular flexibility index (Phi) is 5.91. The molecule has 0 nitrogen and oxygen atoms in total. The topological polar surface area (TPSA) is 0 Å². The summed E-state index contributed by atoms with van der Waals surface area (Å²) in [5.74, 6) is 0. The van der Waals surface area contributed by atoms with Crippen LogP contribution < -0.4 is 0 Å². The van der Waals surface area contributed by atoms with E-state index in [4.69, 9.17) is 0 Å². The van der Waals surface area contributed by atoms with Crippen molar-refractivity contribution in [3.8, 4) is 0 Å². The van der Waals surface area contributed by atoms with E-state index < -0.39 is 0 Å². The van der Waals surface area contributed by atoms with Crippen LogP contribution in [0.1, 0.15) is 76.5 Å². The van der Waals surface area contributed by atoms with E-state index >= 15 is 0 Å². The third kappa shape index (κ3) is 4.15. The molecule has 18 heavy (non-hydrogen) atoms. The van der Waals surface area contributed by atoms with Crippen molar-refractivity contribution in [3.63, 3.8) is 0 Å². The van der Waals surface area contributed by atoms with E-state index in [0.29, 0.717) is 5.41 Å². The molecule has 0 saturated heterocycles. The Labute approximate surface area is 114 Å². The first-order valence-electron chi connectivity index (χ1n) is 7.61. The van der Waals surface area contributed by atoms with Crippen LogP contribution in [0.2, 0.25) is 0 Å². The number of hydrogen-bond donors (Lipinski definition) is 0. The molecule has 0 amide bonds. The molecule has 1 aromatic rings. The smallest absolute Gasteiger partial charge is 0.0106 e. The molecule has 0 radical (unpaired) electrons. The normalized spacial score (nSPS) is 11.8. The minimum absolute atomic E-state index is 0.311. The monoisotopic (exact) mass is 246 g/mol. The Balaban J connectivity index is 2.68. The van der Waals surface area contributed by atoms with E-state index in [1.54, 1.807) is 5.56 Å². The number of hydrogen-bond acceptors (Lipinski definition) is 0. The maximum absolute atomic E-state index is 2.40. The SMILES string of the molecule is CCCCCCc1ccc(C(C)(C)CC)cc1C. The molecule has 1 rings (SSSR count). The quantitative estimate of drug-likeness (QED) is 0.533. The summed E-state index contributed by atoms with van der Waals surface area (Å²) in [5.41, 5.74) is 4.82. The Morgan fingerprint density at radius 3 is 2.28 bits per heavy atom. The van der Waals surface area contributed by atoms with Crippen LogP contribution in [0.15, 0.2) is 18.2 Å². The molecular formula is C18H30. The van der Waals surface area contributed by atoms with Gasteiger partial charge in [0.15, 0.2) is 0 Å². The van der Waals surface area contributed by atoms with Crippen LogP contribution in [0.4, 0.5) is 0 Å². The van der Waals surface area contributed by atoms with Gasteiger partial charge >= 0.3 is 0 Å². The highest BCUT2D eigenvalue weighted by molar-refractivity contribution is 5.34. The molecule has 0 N–H and O–H groups in total. The number of benzene rings is 1. The van der Waals surface area contributed by atoms with Crippen LogP contribution in [0.25, 0.3) is 0 Å². The van der Waals surface area contributed by atoms with Gasteiger partial charge in [0.25, 0.3) is 0 Å². The van der Waals surface area contributed by atoms with Gasteiger partial charge in [-0.3, -0.25) is 0 Å². The van der Waals surface area contributed by atoms with Gasteiger partial charge in [-0.25, -0.2) is 0 Å². The summed E-state index contributed by atoms with van der Waals surface area (Å²) < 4.78 is 0. The summed E-state index contributed by atoms with van der Waals surface area (Å²) >= 11 is 0. The van der Waals surface area contributed by atoms with E-state index in [1.165, 1.54) is 49.7 Å². The van der Waals surface area contributed by atoms with Gasteiger partial charge in [-0.15, -0.1) is 0 Å². The van der Waals surface area contributed by atoms with Crippen molar-refractivity contribution in [2.75, 3.05) is 0 Å². The molecule has 0 heterocycles. The van der Waals surface area contributed by atoms with E-state index in [-0.39, 0.29) is 0 Å². The van der Waals surface area contributed by atoms with Crippen LogP contribution in [-0.2, 0) is 11.8 Å². The summed E-state index contributed by atoms with van der Waals surface area (Å²) in [6.45, 7) is 11.5.